The minimum atomic E-state index is -0.506. The largest absolute Gasteiger partial charge is 0.449 e. The van der Waals surface area contributed by atoms with Crippen LogP contribution in [0.5, 0.6) is 0 Å². The number of hydrogen-bond donors (Lipinski definition) is 1. The summed E-state index contributed by atoms with van der Waals surface area (Å²) in [6, 6.07) is 12.2. The lowest BCUT2D eigenvalue weighted by Gasteiger charge is -2.32. The third-order valence-corrected chi connectivity index (χ3v) is 6.04. The Morgan fingerprint density at radius 2 is 1.88 bits per heavy atom. The van der Waals surface area contributed by atoms with Gasteiger partial charge in [0.2, 0.25) is 0 Å². The molecule has 1 saturated heterocycles. The van der Waals surface area contributed by atoms with Crippen LogP contribution in [0.15, 0.2) is 51.7 Å². The molecule has 9 nitrogen and oxygen atoms in total. The molecule has 0 radical (unpaired) electrons. The van der Waals surface area contributed by atoms with E-state index in [0.717, 1.165) is 44.7 Å². The van der Waals surface area contributed by atoms with Crippen LogP contribution in [-0.4, -0.2) is 72.6 Å². The zero-order valence-electron chi connectivity index (χ0n) is 19.6. The fourth-order valence-electron chi connectivity index (χ4n) is 4.04. The van der Waals surface area contributed by atoms with Crippen LogP contribution < -0.4 is 11.1 Å². The van der Waals surface area contributed by atoms with E-state index >= 15 is 0 Å². The van der Waals surface area contributed by atoms with Crippen molar-refractivity contribution in [2.45, 2.75) is 19.9 Å². The molecule has 0 unspecified atom stereocenters. The maximum absolute atomic E-state index is 12.4. The van der Waals surface area contributed by atoms with Gasteiger partial charge in [-0.3, -0.25) is 14.7 Å². The Balaban J connectivity index is 1.31. The number of piperazine rings is 1. The quantitative estimate of drug-likeness (QED) is 0.403. The lowest BCUT2D eigenvalue weighted by Crippen LogP contribution is -2.44. The van der Waals surface area contributed by atoms with Gasteiger partial charge in [-0.15, -0.1) is 0 Å². The van der Waals surface area contributed by atoms with Gasteiger partial charge in [0.1, 0.15) is 0 Å². The third-order valence-electron chi connectivity index (χ3n) is 6.04. The lowest BCUT2D eigenvalue weighted by molar-refractivity contribution is 0.101. The molecule has 1 fully saturated rings. The van der Waals surface area contributed by atoms with Gasteiger partial charge >= 0.3 is 11.8 Å². The van der Waals surface area contributed by atoms with Crippen LogP contribution in [0.3, 0.4) is 0 Å². The average Bonchev–Trinajstić information content (AvgIpc) is 3.12. The van der Waals surface area contributed by atoms with Crippen molar-refractivity contribution in [1.29, 1.82) is 0 Å². The molecule has 1 aliphatic heterocycles. The highest BCUT2D eigenvalue weighted by atomic mass is 16.5. The summed E-state index contributed by atoms with van der Waals surface area (Å²) in [5.41, 5.74) is 2.86. The second kappa shape index (κ2) is 10.7. The van der Waals surface area contributed by atoms with Gasteiger partial charge in [0.05, 0.1) is 18.7 Å². The molecule has 0 bridgehead atoms. The number of nitrogens with one attached hydrogen (secondary N) is 1. The molecule has 1 amide bonds. The zero-order chi connectivity index (χ0) is 24.1. The van der Waals surface area contributed by atoms with Crippen LogP contribution in [-0.2, 0) is 11.3 Å². The van der Waals surface area contributed by atoms with Crippen molar-refractivity contribution in [3.63, 3.8) is 0 Å². The van der Waals surface area contributed by atoms with Crippen LogP contribution in [0.25, 0.3) is 11.1 Å². The number of ketones is 1. The number of anilines is 1. The molecular formula is C25H30N4O5. The number of amides is 1. The Labute approximate surface area is 197 Å². The van der Waals surface area contributed by atoms with Crippen LogP contribution >= 0.6 is 0 Å². The van der Waals surface area contributed by atoms with Crippen molar-refractivity contribution < 1.29 is 18.7 Å². The molecule has 180 valence electrons. The van der Waals surface area contributed by atoms with Crippen LogP contribution in [0.2, 0.25) is 0 Å². The number of nitrogens with zero attached hydrogens (tertiary/aromatic N) is 3. The van der Waals surface area contributed by atoms with E-state index in [0.29, 0.717) is 29.0 Å². The maximum atomic E-state index is 12.4. The monoisotopic (exact) mass is 466 g/mol. The van der Waals surface area contributed by atoms with Gasteiger partial charge in [0.15, 0.2) is 11.4 Å². The normalized spacial score (nSPS) is 14.9. The highest BCUT2D eigenvalue weighted by Crippen LogP contribution is 2.18. The molecule has 0 spiro atoms. The molecule has 1 aliphatic rings. The van der Waals surface area contributed by atoms with Gasteiger partial charge in [-0.25, -0.2) is 9.59 Å². The predicted molar refractivity (Wildman–Crippen MR) is 130 cm³/mol. The smallest absolute Gasteiger partial charge is 0.420 e. The van der Waals surface area contributed by atoms with Crippen molar-refractivity contribution in [2.24, 2.45) is 0 Å². The summed E-state index contributed by atoms with van der Waals surface area (Å²) in [6.45, 7) is 7.23. The molecule has 0 aliphatic carbocycles. The number of rotatable bonds is 8. The molecule has 1 N–H and O–H groups in total. The van der Waals surface area contributed by atoms with E-state index in [1.165, 1.54) is 11.5 Å². The summed E-state index contributed by atoms with van der Waals surface area (Å²) in [5.74, 6) is -0.601. The number of oxazole rings is 1. The number of likely N-dealkylation sites (N-methyl/N-ethyl adjacent to an activating group) is 1. The second-order valence-corrected chi connectivity index (χ2v) is 8.65. The van der Waals surface area contributed by atoms with Gasteiger partial charge in [-0.1, -0.05) is 12.1 Å². The number of Topliss-reactive ketones (excluding diaryl/α,β-unsaturated/α-hetero) is 1. The van der Waals surface area contributed by atoms with Crippen molar-refractivity contribution in [1.82, 2.24) is 14.4 Å². The molecule has 2 aromatic carbocycles. The fraction of sp³-hybridized carbons (Fsp3) is 0.400. The van der Waals surface area contributed by atoms with Crippen molar-refractivity contribution in [3.8, 4) is 0 Å². The first-order valence-corrected chi connectivity index (χ1v) is 11.5. The lowest BCUT2D eigenvalue weighted by atomic mass is 10.1. The summed E-state index contributed by atoms with van der Waals surface area (Å²) in [6.07, 6.45) is 0.289. The number of fused-ring (bicyclic) bond motifs is 1. The average molecular weight is 467 g/mol. The zero-order valence-corrected chi connectivity index (χ0v) is 19.6. The summed E-state index contributed by atoms with van der Waals surface area (Å²) in [5, 5.41) is 2.75. The number of aromatic nitrogens is 1. The van der Waals surface area contributed by atoms with Gasteiger partial charge in [0.25, 0.3) is 0 Å². The Morgan fingerprint density at radius 3 is 2.65 bits per heavy atom. The highest BCUT2D eigenvalue weighted by molar-refractivity contribution is 5.96. The van der Waals surface area contributed by atoms with Crippen LogP contribution in [0, 0.1) is 0 Å². The molecule has 1 aromatic heterocycles. The molecule has 4 rings (SSSR count). The Bertz CT molecular complexity index is 1220. The summed E-state index contributed by atoms with van der Waals surface area (Å²) in [7, 11) is 2.13. The Kier molecular flexibility index (Phi) is 7.44. The first-order chi connectivity index (χ1) is 16.4. The Hall–Kier alpha value is -3.43. The summed E-state index contributed by atoms with van der Waals surface area (Å²) >= 11 is 0. The third kappa shape index (κ3) is 5.92. The van der Waals surface area contributed by atoms with Gasteiger partial charge in [-0.05, 0) is 56.3 Å². The number of hydrogen-bond acceptors (Lipinski definition) is 7. The van der Waals surface area contributed by atoms with Crippen molar-refractivity contribution in [2.75, 3.05) is 51.7 Å². The van der Waals surface area contributed by atoms with Crippen molar-refractivity contribution in [3.05, 3.63) is 64.1 Å². The van der Waals surface area contributed by atoms with E-state index in [9.17, 15) is 14.4 Å². The number of carbonyl (C=O) groups excluding carboxylic acids is 2. The van der Waals surface area contributed by atoms with Gasteiger partial charge < -0.3 is 19.0 Å². The first-order valence-electron chi connectivity index (χ1n) is 11.5. The topological polar surface area (TPSA) is 97.0 Å². The van der Waals surface area contributed by atoms with Gasteiger partial charge in [-0.2, -0.15) is 0 Å². The summed E-state index contributed by atoms with van der Waals surface area (Å²) < 4.78 is 12.1. The summed E-state index contributed by atoms with van der Waals surface area (Å²) in [4.78, 5) is 40.9. The number of benzene rings is 2. The predicted octanol–water partition coefficient (Wildman–Crippen LogP) is 3.03. The van der Waals surface area contributed by atoms with E-state index < -0.39 is 11.8 Å². The van der Waals surface area contributed by atoms with E-state index in [1.54, 1.807) is 36.4 Å². The van der Waals surface area contributed by atoms with E-state index in [1.807, 2.05) is 6.07 Å². The van der Waals surface area contributed by atoms with E-state index in [-0.39, 0.29) is 12.3 Å². The molecular weight excluding hydrogens is 436 g/mol. The van der Waals surface area contributed by atoms with E-state index in [2.05, 4.69) is 22.2 Å². The minimum absolute atomic E-state index is 0.0951. The van der Waals surface area contributed by atoms with Crippen LogP contribution in [0.4, 0.5) is 10.5 Å². The number of carbonyl (C=O) groups is 2. The maximum Gasteiger partial charge on any atom is 0.420 e. The fourth-order valence-corrected chi connectivity index (χ4v) is 4.04. The second-order valence-electron chi connectivity index (χ2n) is 8.65. The molecule has 2 heterocycles. The molecule has 9 heteroatoms. The number of ether oxygens (including phenoxy) is 1. The highest BCUT2D eigenvalue weighted by Gasteiger charge is 2.14. The standard InChI is InChI=1S/C25H30N4O5/c1-18(30)20-7-8-22-23(16-20)34-25(32)29(22)17-19-5-3-6-21(15-19)26-24(31)33-14-4-9-28-12-10-27(2)11-13-28/h3,5-8,15-16H,4,9-14,17H2,1-2H3,(H,26,31). The van der Waals surface area contributed by atoms with Crippen LogP contribution in [0.1, 0.15) is 29.3 Å². The minimum Gasteiger partial charge on any atom is -0.449 e. The Morgan fingerprint density at radius 1 is 1.09 bits per heavy atom. The SMILES string of the molecule is CC(=O)c1ccc2c(c1)oc(=O)n2Cc1cccc(NC(=O)OCCCN2CCN(C)CC2)c1. The first kappa shape index (κ1) is 23.7. The molecule has 0 atom stereocenters. The molecule has 3 aromatic rings. The van der Waals surface area contributed by atoms with Crippen molar-refractivity contribution >= 4 is 28.7 Å². The van der Waals surface area contributed by atoms with Gasteiger partial charge in [0, 0.05) is 44.0 Å². The van der Waals surface area contributed by atoms with E-state index in [4.69, 9.17) is 9.15 Å². The molecule has 0 saturated carbocycles. The molecule has 34 heavy (non-hydrogen) atoms.